The summed E-state index contributed by atoms with van der Waals surface area (Å²) in [7, 11) is -3.29. The van der Waals surface area contributed by atoms with Crippen LogP contribution in [-0.4, -0.2) is 41.6 Å². The van der Waals surface area contributed by atoms with Crippen molar-refractivity contribution in [2.45, 2.75) is 23.8 Å². The van der Waals surface area contributed by atoms with Gasteiger partial charge in [0.1, 0.15) is 12.7 Å². The number of benzene rings is 1. The van der Waals surface area contributed by atoms with Crippen LogP contribution in [0.4, 0.5) is 0 Å². The Balaban J connectivity index is 1.92. The Morgan fingerprint density at radius 3 is 2.95 bits per heavy atom. The normalized spacial score (nSPS) is 19.2. The maximum Gasteiger partial charge on any atom is 0.159 e. The lowest BCUT2D eigenvalue weighted by Crippen LogP contribution is -2.32. The Bertz CT molecular complexity index is 741. The van der Waals surface area contributed by atoms with Gasteiger partial charge >= 0.3 is 0 Å². The molecule has 2 aromatic rings. The number of rotatable bonds is 4. The largest absolute Gasteiger partial charge is 0.380 e. The van der Waals surface area contributed by atoms with Crippen molar-refractivity contribution in [2.24, 2.45) is 0 Å². The highest BCUT2D eigenvalue weighted by Crippen LogP contribution is 2.25. The molecule has 1 aliphatic heterocycles. The topological polar surface area (TPSA) is 74.1 Å². The zero-order valence-corrected chi connectivity index (χ0v) is 13.4. The lowest BCUT2D eigenvalue weighted by atomic mass is 10.2. The summed E-state index contributed by atoms with van der Waals surface area (Å²) < 4.78 is 32.0. The summed E-state index contributed by atoms with van der Waals surface area (Å²) in [5.74, 6) is -0.0621. The van der Waals surface area contributed by atoms with Crippen LogP contribution in [0.25, 0.3) is 5.69 Å². The predicted octanol–water partition coefficient (Wildman–Crippen LogP) is 2.01. The number of hydrogen-bond acceptors (Lipinski definition) is 5. The number of hydrogen-bond donors (Lipinski definition) is 0. The quantitative estimate of drug-likeness (QED) is 0.850. The zero-order valence-electron chi connectivity index (χ0n) is 11.9. The van der Waals surface area contributed by atoms with E-state index >= 15 is 0 Å². The monoisotopic (exact) mass is 341 g/mol. The molecule has 22 heavy (non-hydrogen) atoms. The first-order valence-electron chi connectivity index (χ1n) is 6.99. The molecule has 1 atom stereocenters. The van der Waals surface area contributed by atoms with Crippen molar-refractivity contribution in [3.63, 3.8) is 0 Å². The fourth-order valence-electron chi connectivity index (χ4n) is 2.53. The van der Waals surface area contributed by atoms with E-state index in [4.69, 9.17) is 16.3 Å². The van der Waals surface area contributed by atoms with Crippen LogP contribution in [0.5, 0.6) is 0 Å². The van der Waals surface area contributed by atoms with E-state index in [-0.39, 0.29) is 12.4 Å². The van der Waals surface area contributed by atoms with Gasteiger partial charge in [-0.15, -0.1) is 0 Å². The van der Waals surface area contributed by atoms with E-state index in [0.717, 1.165) is 6.42 Å². The van der Waals surface area contributed by atoms with Gasteiger partial charge in [-0.25, -0.2) is 18.1 Å². The van der Waals surface area contributed by atoms with Gasteiger partial charge in [0.25, 0.3) is 0 Å². The van der Waals surface area contributed by atoms with E-state index < -0.39 is 15.1 Å². The van der Waals surface area contributed by atoms with Crippen LogP contribution in [0, 0.1) is 0 Å². The molecule has 8 heteroatoms. The van der Waals surface area contributed by atoms with Crippen LogP contribution >= 0.6 is 11.6 Å². The third-order valence-corrected chi connectivity index (χ3v) is 6.03. The Morgan fingerprint density at radius 1 is 1.41 bits per heavy atom. The van der Waals surface area contributed by atoms with E-state index in [1.165, 1.54) is 17.3 Å². The summed E-state index contributed by atoms with van der Waals surface area (Å²) >= 11 is 6.02. The highest BCUT2D eigenvalue weighted by atomic mass is 35.5. The molecular formula is C14H16ClN3O3S. The van der Waals surface area contributed by atoms with Crippen molar-refractivity contribution in [1.29, 1.82) is 0 Å². The van der Waals surface area contributed by atoms with Crippen LogP contribution in [0.3, 0.4) is 0 Å². The van der Waals surface area contributed by atoms with Crippen molar-refractivity contribution in [3.05, 3.63) is 41.4 Å². The van der Waals surface area contributed by atoms with Gasteiger partial charge in [-0.3, -0.25) is 0 Å². The van der Waals surface area contributed by atoms with E-state index in [1.807, 2.05) is 0 Å². The molecule has 1 saturated heterocycles. The van der Waals surface area contributed by atoms with E-state index in [0.29, 0.717) is 29.3 Å². The van der Waals surface area contributed by atoms with Crippen molar-refractivity contribution >= 4 is 21.4 Å². The molecule has 0 saturated carbocycles. The third kappa shape index (κ3) is 3.31. The molecular weight excluding hydrogens is 326 g/mol. The average Bonchev–Trinajstić information content (AvgIpc) is 3.04. The summed E-state index contributed by atoms with van der Waals surface area (Å²) in [4.78, 5) is 3.89. The van der Waals surface area contributed by atoms with E-state index in [9.17, 15) is 8.42 Å². The first-order valence-corrected chi connectivity index (χ1v) is 9.08. The maximum atomic E-state index is 12.6. The molecule has 1 unspecified atom stereocenters. The van der Waals surface area contributed by atoms with Crippen molar-refractivity contribution in [2.75, 3.05) is 13.2 Å². The van der Waals surface area contributed by atoms with Crippen LogP contribution in [0.2, 0.25) is 5.02 Å². The third-order valence-electron chi connectivity index (χ3n) is 3.70. The highest BCUT2D eigenvalue weighted by molar-refractivity contribution is 7.91. The van der Waals surface area contributed by atoms with Gasteiger partial charge in [0.2, 0.25) is 0 Å². The summed E-state index contributed by atoms with van der Waals surface area (Å²) in [6.07, 6.45) is 4.34. The molecule has 0 amide bonds. The lowest BCUT2D eigenvalue weighted by Gasteiger charge is -2.22. The Morgan fingerprint density at radius 2 is 2.27 bits per heavy atom. The van der Waals surface area contributed by atoms with Gasteiger partial charge in [-0.1, -0.05) is 17.7 Å². The lowest BCUT2D eigenvalue weighted by molar-refractivity contribution is 0.0991. The molecule has 0 N–H and O–H groups in total. The predicted molar refractivity (Wildman–Crippen MR) is 82.8 cm³/mol. The van der Waals surface area contributed by atoms with Crippen molar-refractivity contribution in [3.8, 4) is 5.69 Å². The molecule has 118 valence electrons. The second kappa shape index (κ2) is 6.36. The minimum atomic E-state index is -3.29. The van der Waals surface area contributed by atoms with E-state index in [1.54, 1.807) is 18.2 Å². The van der Waals surface area contributed by atoms with Crippen LogP contribution in [-0.2, 0) is 20.3 Å². The second-order valence-electron chi connectivity index (χ2n) is 5.26. The van der Waals surface area contributed by atoms with Crippen molar-refractivity contribution in [1.82, 2.24) is 14.8 Å². The summed E-state index contributed by atoms with van der Waals surface area (Å²) in [5, 5.41) is 4.14. The average molecular weight is 342 g/mol. The van der Waals surface area contributed by atoms with Gasteiger partial charge in [0, 0.05) is 11.6 Å². The molecule has 0 radical (unpaired) electrons. The zero-order chi connectivity index (χ0) is 15.6. The van der Waals surface area contributed by atoms with Gasteiger partial charge in [-0.2, -0.15) is 5.10 Å². The first-order chi connectivity index (χ1) is 10.6. The van der Waals surface area contributed by atoms with Gasteiger partial charge < -0.3 is 4.74 Å². The van der Waals surface area contributed by atoms with Gasteiger partial charge in [-0.05, 0) is 30.5 Å². The highest BCUT2D eigenvalue weighted by Gasteiger charge is 2.29. The minimum absolute atomic E-state index is 0.0621. The van der Waals surface area contributed by atoms with E-state index in [2.05, 4.69) is 10.1 Å². The fourth-order valence-corrected chi connectivity index (χ4v) is 4.44. The first kappa shape index (κ1) is 15.5. The summed E-state index contributed by atoms with van der Waals surface area (Å²) in [6, 6.07) is 5.10. The molecule has 1 aliphatic rings. The Hall–Kier alpha value is -1.44. The summed E-state index contributed by atoms with van der Waals surface area (Å²) in [6.45, 7) is 0.908. The SMILES string of the molecule is O=S(=O)(Cc1ccc(Cl)cc1-n1cncn1)C1CCCOC1. The summed E-state index contributed by atoms with van der Waals surface area (Å²) in [5.41, 5.74) is 1.28. The van der Waals surface area contributed by atoms with Crippen LogP contribution < -0.4 is 0 Å². The van der Waals surface area contributed by atoms with Crippen molar-refractivity contribution < 1.29 is 13.2 Å². The Kier molecular flexibility index (Phi) is 4.46. The van der Waals surface area contributed by atoms with Gasteiger partial charge in [0.05, 0.1) is 23.3 Å². The number of aromatic nitrogens is 3. The molecule has 6 nitrogen and oxygen atoms in total. The number of sulfone groups is 1. The molecule has 0 bridgehead atoms. The molecule has 1 aromatic carbocycles. The van der Waals surface area contributed by atoms with Gasteiger partial charge in [0.15, 0.2) is 9.84 Å². The smallest absolute Gasteiger partial charge is 0.159 e. The fraction of sp³-hybridized carbons (Fsp3) is 0.429. The van der Waals surface area contributed by atoms with Crippen LogP contribution in [0.15, 0.2) is 30.9 Å². The molecule has 2 heterocycles. The number of nitrogens with zero attached hydrogens (tertiary/aromatic N) is 3. The second-order valence-corrected chi connectivity index (χ2v) is 7.98. The minimum Gasteiger partial charge on any atom is -0.380 e. The van der Waals surface area contributed by atoms with Crippen LogP contribution in [0.1, 0.15) is 18.4 Å². The molecule has 3 rings (SSSR count). The molecule has 0 spiro atoms. The maximum absolute atomic E-state index is 12.6. The molecule has 1 aromatic heterocycles. The molecule has 1 fully saturated rings. The molecule has 0 aliphatic carbocycles. The number of halogens is 1. The Labute approximate surface area is 134 Å². The standard InChI is InChI=1S/C14H16ClN3O3S/c15-12-4-3-11(14(6-12)18-10-16-9-17-18)8-22(19,20)13-2-1-5-21-7-13/h3-4,6,9-10,13H,1-2,5,7-8H2. The number of ether oxygens (including phenoxy) is 1.